The third-order valence-corrected chi connectivity index (χ3v) is 3.40. The molecule has 1 atom stereocenters. The Morgan fingerprint density at radius 2 is 2.25 bits per heavy atom. The normalized spacial score (nSPS) is 13.2. The van der Waals surface area contributed by atoms with Gasteiger partial charge in [-0.3, -0.25) is 10.2 Å². The van der Waals surface area contributed by atoms with Gasteiger partial charge in [-0.15, -0.1) is 0 Å². The number of nitrogens with one attached hydrogen (secondary N) is 2. The van der Waals surface area contributed by atoms with E-state index in [-0.39, 0.29) is 5.16 Å². The van der Waals surface area contributed by atoms with Crippen LogP contribution in [0.2, 0.25) is 0 Å². The second-order valence-electron chi connectivity index (χ2n) is 4.15. The van der Waals surface area contributed by atoms with E-state index in [2.05, 4.69) is 9.97 Å². The number of aromatic amines is 1. The summed E-state index contributed by atoms with van der Waals surface area (Å²) in [5, 5.41) is 7.08. The molecular weight excluding hydrogens is 293 g/mol. The lowest BCUT2D eigenvalue weighted by Gasteiger charge is -2.17. The van der Waals surface area contributed by atoms with E-state index in [1.54, 1.807) is 0 Å². The van der Waals surface area contributed by atoms with Crippen LogP contribution in [-0.2, 0) is 6.42 Å². The number of nitrogens with two attached hydrogens (primary N) is 1. The molecule has 1 rings (SSSR count). The minimum atomic E-state index is -4.58. The highest BCUT2D eigenvalue weighted by atomic mass is 32.2. The van der Waals surface area contributed by atoms with Crippen molar-refractivity contribution in [3.8, 4) is 0 Å². The lowest BCUT2D eigenvalue weighted by atomic mass is 10.1. The van der Waals surface area contributed by atoms with Crippen molar-refractivity contribution in [1.29, 1.82) is 5.41 Å². The van der Waals surface area contributed by atoms with Gasteiger partial charge < -0.3 is 10.7 Å². The number of H-pyrrole nitrogens is 1. The molecule has 0 bridgehead atoms. The Morgan fingerprint density at radius 3 is 2.75 bits per heavy atom. The number of aryl methyl sites for hydroxylation is 1. The van der Waals surface area contributed by atoms with E-state index in [0.29, 0.717) is 12.1 Å². The van der Waals surface area contributed by atoms with Gasteiger partial charge in [0.15, 0.2) is 5.16 Å². The van der Waals surface area contributed by atoms with Crippen LogP contribution >= 0.6 is 11.8 Å². The monoisotopic (exact) mass is 308 g/mol. The molecule has 0 aromatic carbocycles. The average molecular weight is 308 g/mol. The van der Waals surface area contributed by atoms with Crippen molar-refractivity contribution in [3.63, 3.8) is 0 Å². The minimum absolute atomic E-state index is 0.108. The largest absolute Gasteiger partial charge is 0.399 e. The van der Waals surface area contributed by atoms with Crippen molar-refractivity contribution in [2.24, 2.45) is 11.7 Å². The molecule has 112 valence electrons. The third kappa shape index (κ3) is 4.87. The third-order valence-electron chi connectivity index (χ3n) is 2.44. The highest BCUT2D eigenvalue weighted by Gasteiger charge is 2.41. The molecule has 4 N–H and O–H groups in total. The van der Waals surface area contributed by atoms with Gasteiger partial charge in [0.05, 0.1) is 0 Å². The van der Waals surface area contributed by atoms with Gasteiger partial charge in [0.2, 0.25) is 0 Å². The summed E-state index contributed by atoms with van der Waals surface area (Å²) in [5.74, 6) is -3.48. The molecule has 20 heavy (non-hydrogen) atoms. The first kappa shape index (κ1) is 16.5. The summed E-state index contributed by atoms with van der Waals surface area (Å²) >= 11 is 0.730. The van der Waals surface area contributed by atoms with Crippen LogP contribution in [0.3, 0.4) is 0 Å². The molecule has 1 unspecified atom stereocenters. The van der Waals surface area contributed by atoms with Gasteiger partial charge in [-0.25, -0.2) is 4.98 Å². The molecule has 0 spiro atoms. The summed E-state index contributed by atoms with van der Waals surface area (Å²) in [4.78, 5) is 17.8. The van der Waals surface area contributed by atoms with E-state index in [4.69, 9.17) is 11.1 Å². The molecule has 0 aliphatic heterocycles. The first-order valence-electron chi connectivity index (χ1n) is 5.87. The second-order valence-corrected chi connectivity index (χ2v) is 5.16. The van der Waals surface area contributed by atoms with E-state index >= 15 is 0 Å². The maximum absolute atomic E-state index is 12.6. The van der Waals surface area contributed by atoms with Gasteiger partial charge in [-0.05, 0) is 6.42 Å². The number of halogens is 3. The molecule has 0 radical (unpaired) electrons. The van der Waals surface area contributed by atoms with Gasteiger partial charge in [0, 0.05) is 17.5 Å². The molecule has 1 aromatic rings. The van der Waals surface area contributed by atoms with E-state index in [0.717, 1.165) is 18.2 Å². The molecule has 0 aliphatic rings. The van der Waals surface area contributed by atoms with E-state index in [1.807, 2.05) is 6.92 Å². The smallest absolute Gasteiger partial charge is 0.387 e. The Hall–Kier alpha value is -1.51. The summed E-state index contributed by atoms with van der Waals surface area (Å²) < 4.78 is 37.9. The quantitative estimate of drug-likeness (QED) is 0.324. The number of alkyl halides is 3. The zero-order valence-electron chi connectivity index (χ0n) is 10.8. The molecule has 9 heteroatoms. The summed E-state index contributed by atoms with van der Waals surface area (Å²) in [5.41, 5.74) is 5.08. The van der Waals surface area contributed by atoms with Gasteiger partial charge >= 0.3 is 6.18 Å². The number of hydrogen-bond donors (Lipinski definition) is 3. The van der Waals surface area contributed by atoms with Crippen LogP contribution in [-0.4, -0.2) is 27.7 Å². The molecular formula is C11H15F3N4OS. The van der Waals surface area contributed by atoms with Gasteiger partial charge in [0.25, 0.3) is 5.56 Å². The summed E-state index contributed by atoms with van der Waals surface area (Å²) in [7, 11) is 0. The minimum Gasteiger partial charge on any atom is -0.387 e. The Bertz CT molecular complexity index is 529. The molecule has 5 nitrogen and oxygen atoms in total. The van der Waals surface area contributed by atoms with Crippen LogP contribution in [0.5, 0.6) is 0 Å². The van der Waals surface area contributed by atoms with Crippen molar-refractivity contribution in [3.05, 3.63) is 22.1 Å². The summed E-state index contributed by atoms with van der Waals surface area (Å²) in [6.07, 6.45) is -3.23. The van der Waals surface area contributed by atoms with Crippen molar-refractivity contribution >= 4 is 17.6 Å². The van der Waals surface area contributed by atoms with E-state index in [9.17, 15) is 18.0 Å². The lowest BCUT2D eigenvalue weighted by molar-refractivity contribution is -0.150. The first-order chi connectivity index (χ1) is 9.24. The van der Waals surface area contributed by atoms with Crippen molar-refractivity contribution in [1.82, 2.24) is 9.97 Å². The number of thioether (sulfide) groups is 1. The number of aromatic nitrogens is 2. The highest BCUT2D eigenvalue weighted by Crippen LogP contribution is 2.30. The van der Waals surface area contributed by atoms with Crippen LogP contribution in [0.25, 0.3) is 0 Å². The van der Waals surface area contributed by atoms with Crippen molar-refractivity contribution in [2.75, 3.05) is 5.75 Å². The maximum Gasteiger partial charge on any atom is 0.399 e. The Morgan fingerprint density at radius 1 is 1.60 bits per heavy atom. The average Bonchev–Trinajstić information content (AvgIpc) is 2.26. The van der Waals surface area contributed by atoms with E-state index < -0.39 is 29.2 Å². The molecule has 0 amide bonds. The van der Waals surface area contributed by atoms with Crippen LogP contribution in [0.15, 0.2) is 16.0 Å². The van der Waals surface area contributed by atoms with Crippen LogP contribution in [0.1, 0.15) is 19.0 Å². The van der Waals surface area contributed by atoms with Crippen molar-refractivity contribution < 1.29 is 13.2 Å². The fourth-order valence-electron chi connectivity index (χ4n) is 1.46. The predicted octanol–water partition coefficient (Wildman–Crippen LogP) is 1.93. The second kappa shape index (κ2) is 6.78. The first-order valence-corrected chi connectivity index (χ1v) is 6.86. The predicted molar refractivity (Wildman–Crippen MR) is 71.0 cm³/mol. The Balaban J connectivity index is 2.83. The van der Waals surface area contributed by atoms with Crippen LogP contribution in [0, 0.1) is 11.3 Å². The van der Waals surface area contributed by atoms with Gasteiger partial charge in [-0.1, -0.05) is 25.1 Å². The number of hydrogen-bond acceptors (Lipinski definition) is 4. The standard InChI is InChI=1S/C11H15F3N4OS/c1-2-3-6-4-8(19)18-10(17-6)20-5-7(9(15)16)11(12,13)14/h4,7H,2-3,5H2,1H3,(H3,15,16)(H,17,18,19). The number of nitrogens with zero attached hydrogens (tertiary/aromatic N) is 1. The molecule has 0 saturated heterocycles. The lowest BCUT2D eigenvalue weighted by Crippen LogP contribution is -2.37. The van der Waals surface area contributed by atoms with Crippen LogP contribution < -0.4 is 11.3 Å². The van der Waals surface area contributed by atoms with E-state index in [1.165, 1.54) is 6.07 Å². The fraction of sp³-hybridized carbons (Fsp3) is 0.545. The molecule has 0 fully saturated rings. The van der Waals surface area contributed by atoms with Crippen LogP contribution in [0.4, 0.5) is 13.2 Å². The van der Waals surface area contributed by atoms with Gasteiger partial charge in [-0.2, -0.15) is 13.2 Å². The molecule has 0 aliphatic carbocycles. The van der Waals surface area contributed by atoms with Gasteiger partial charge in [0.1, 0.15) is 11.8 Å². The topological polar surface area (TPSA) is 95.6 Å². The number of rotatable bonds is 6. The molecule has 0 saturated carbocycles. The molecule has 1 aromatic heterocycles. The highest BCUT2D eigenvalue weighted by molar-refractivity contribution is 7.99. The fourth-order valence-corrected chi connectivity index (χ4v) is 2.51. The number of amidine groups is 1. The molecule has 1 heterocycles. The Kier molecular flexibility index (Phi) is 5.61. The zero-order chi connectivity index (χ0) is 15.3. The maximum atomic E-state index is 12.6. The summed E-state index contributed by atoms with van der Waals surface area (Å²) in [6.45, 7) is 1.91. The summed E-state index contributed by atoms with van der Waals surface area (Å²) in [6, 6.07) is 1.32. The zero-order valence-corrected chi connectivity index (χ0v) is 11.6. The SMILES string of the molecule is CCCc1cc(=O)[nH]c(SCC(C(=N)N)C(F)(F)F)n1. The van der Waals surface area contributed by atoms with Crippen molar-refractivity contribution in [2.45, 2.75) is 31.1 Å². The Labute approximate surface area is 117 Å².